The van der Waals surface area contributed by atoms with Gasteiger partial charge in [-0.15, -0.1) is 0 Å². The first-order valence-corrected chi connectivity index (χ1v) is 7.35. The summed E-state index contributed by atoms with van der Waals surface area (Å²) in [5.74, 6) is 0.584. The van der Waals surface area contributed by atoms with Gasteiger partial charge in [0.1, 0.15) is 5.69 Å². The Morgan fingerprint density at radius 3 is 2.56 bits per heavy atom. The van der Waals surface area contributed by atoms with E-state index in [0.717, 1.165) is 10.2 Å². The van der Waals surface area contributed by atoms with E-state index in [2.05, 4.69) is 41.3 Å². The topological polar surface area (TPSA) is 25.2 Å². The van der Waals surface area contributed by atoms with E-state index in [9.17, 15) is 4.79 Å². The van der Waals surface area contributed by atoms with Gasteiger partial charge in [-0.2, -0.15) is 0 Å². The summed E-state index contributed by atoms with van der Waals surface area (Å²) < 4.78 is 3.11. The van der Waals surface area contributed by atoms with Crippen molar-refractivity contribution in [1.29, 1.82) is 0 Å². The minimum atomic E-state index is 0.119. The van der Waals surface area contributed by atoms with Crippen LogP contribution < -0.4 is 0 Å². The zero-order valence-corrected chi connectivity index (χ0v) is 13.1. The molecule has 1 heterocycles. The first-order chi connectivity index (χ1) is 8.41. The molecular weight excluding hydrogens is 292 g/mol. The van der Waals surface area contributed by atoms with E-state index in [0.29, 0.717) is 12.0 Å². The van der Waals surface area contributed by atoms with Crippen molar-refractivity contribution in [2.24, 2.45) is 5.92 Å². The first-order valence-electron chi connectivity index (χ1n) is 6.56. The predicted octanol–water partition coefficient (Wildman–Crippen LogP) is 3.70. The van der Waals surface area contributed by atoms with Crippen LogP contribution in [0, 0.1) is 5.92 Å². The Morgan fingerprint density at radius 2 is 2.06 bits per heavy atom. The molecule has 0 aliphatic heterocycles. The molecule has 3 nitrogen and oxygen atoms in total. The van der Waals surface area contributed by atoms with E-state index >= 15 is 0 Å². The number of carbonyl (C=O) groups is 1. The standard InChI is InChI=1S/C14H21BrN2O/c1-9(2)10(3)16(4)14(18)13-7-11(15)8-17(13)12-5-6-12/h7-10,12H,5-6H2,1-4H3. The molecule has 1 saturated carbocycles. The summed E-state index contributed by atoms with van der Waals surface area (Å²) >= 11 is 3.47. The fraction of sp³-hybridized carbons (Fsp3) is 0.643. The molecule has 0 N–H and O–H groups in total. The molecule has 0 radical (unpaired) electrons. The van der Waals surface area contributed by atoms with Crippen molar-refractivity contribution in [3.8, 4) is 0 Å². The Kier molecular flexibility index (Phi) is 3.85. The number of halogens is 1. The molecule has 1 aliphatic rings. The lowest BCUT2D eigenvalue weighted by Crippen LogP contribution is -2.39. The van der Waals surface area contributed by atoms with Gasteiger partial charge < -0.3 is 9.47 Å². The summed E-state index contributed by atoms with van der Waals surface area (Å²) in [5.41, 5.74) is 0.805. The van der Waals surface area contributed by atoms with E-state index in [4.69, 9.17) is 0 Å². The number of aromatic nitrogens is 1. The molecule has 100 valence electrons. The number of carbonyl (C=O) groups excluding carboxylic acids is 1. The molecule has 1 unspecified atom stereocenters. The minimum Gasteiger partial charge on any atom is -0.339 e. The molecule has 0 spiro atoms. The molecule has 1 aromatic heterocycles. The maximum Gasteiger partial charge on any atom is 0.270 e. The summed E-state index contributed by atoms with van der Waals surface area (Å²) in [6.07, 6.45) is 4.40. The number of amides is 1. The molecule has 4 heteroatoms. The van der Waals surface area contributed by atoms with Crippen LogP contribution in [0.2, 0.25) is 0 Å². The first kappa shape index (κ1) is 13.7. The lowest BCUT2D eigenvalue weighted by molar-refractivity contribution is 0.0696. The molecule has 0 saturated heterocycles. The van der Waals surface area contributed by atoms with Crippen molar-refractivity contribution in [3.05, 3.63) is 22.4 Å². The van der Waals surface area contributed by atoms with Crippen LogP contribution in [-0.4, -0.2) is 28.5 Å². The maximum atomic E-state index is 12.5. The molecular formula is C14H21BrN2O. The summed E-state index contributed by atoms with van der Waals surface area (Å²) in [6, 6.07) is 2.71. The smallest absolute Gasteiger partial charge is 0.270 e. The van der Waals surface area contributed by atoms with Gasteiger partial charge in [-0.1, -0.05) is 13.8 Å². The van der Waals surface area contributed by atoms with Gasteiger partial charge in [-0.05, 0) is 47.7 Å². The second-order valence-corrected chi connectivity index (χ2v) is 6.50. The molecule has 2 rings (SSSR count). The number of nitrogens with zero attached hydrogens (tertiary/aromatic N) is 2. The van der Waals surface area contributed by atoms with Crippen LogP contribution in [0.3, 0.4) is 0 Å². The summed E-state index contributed by atoms with van der Waals surface area (Å²) in [5, 5.41) is 0. The van der Waals surface area contributed by atoms with E-state index < -0.39 is 0 Å². The molecule has 18 heavy (non-hydrogen) atoms. The van der Waals surface area contributed by atoms with Gasteiger partial charge in [0, 0.05) is 29.8 Å². The van der Waals surface area contributed by atoms with Gasteiger partial charge in [0.05, 0.1) is 0 Å². The second kappa shape index (κ2) is 5.08. The van der Waals surface area contributed by atoms with Gasteiger partial charge in [-0.25, -0.2) is 0 Å². The van der Waals surface area contributed by atoms with Gasteiger partial charge in [0.25, 0.3) is 5.91 Å². The average Bonchev–Trinajstić information content (AvgIpc) is 3.09. The largest absolute Gasteiger partial charge is 0.339 e. The third-order valence-corrected chi connectivity index (χ3v) is 4.30. The highest BCUT2D eigenvalue weighted by Gasteiger charge is 2.30. The Labute approximate surface area is 117 Å². The normalized spacial score (nSPS) is 17.0. The SMILES string of the molecule is CC(C)C(C)N(C)C(=O)c1cc(Br)cn1C1CC1. The van der Waals surface area contributed by atoms with Gasteiger partial charge in [0.2, 0.25) is 0 Å². The van der Waals surface area contributed by atoms with E-state index in [-0.39, 0.29) is 11.9 Å². The number of rotatable bonds is 4. The molecule has 1 atom stereocenters. The van der Waals surface area contributed by atoms with Crippen LogP contribution in [0.5, 0.6) is 0 Å². The van der Waals surface area contributed by atoms with Crippen molar-refractivity contribution in [2.75, 3.05) is 7.05 Å². The molecule has 1 aromatic rings. The second-order valence-electron chi connectivity index (χ2n) is 5.58. The van der Waals surface area contributed by atoms with Gasteiger partial charge in [0.15, 0.2) is 0 Å². The summed E-state index contributed by atoms with van der Waals surface area (Å²) in [4.78, 5) is 14.4. The van der Waals surface area contributed by atoms with Crippen molar-refractivity contribution >= 4 is 21.8 Å². The van der Waals surface area contributed by atoms with Crippen LogP contribution in [0.15, 0.2) is 16.7 Å². The van der Waals surface area contributed by atoms with E-state index in [1.165, 1.54) is 12.8 Å². The summed E-state index contributed by atoms with van der Waals surface area (Å²) in [6.45, 7) is 6.39. The fourth-order valence-electron chi connectivity index (χ4n) is 2.08. The van der Waals surface area contributed by atoms with E-state index in [1.807, 2.05) is 24.2 Å². The van der Waals surface area contributed by atoms with Crippen molar-refractivity contribution < 1.29 is 4.79 Å². The highest BCUT2D eigenvalue weighted by atomic mass is 79.9. The maximum absolute atomic E-state index is 12.5. The Hall–Kier alpha value is -0.770. The predicted molar refractivity (Wildman–Crippen MR) is 76.8 cm³/mol. The molecule has 1 aliphatic carbocycles. The van der Waals surface area contributed by atoms with E-state index in [1.54, 1.807) is 0 Å². The highest BCUT2D eigenvalue weighted by molar-refractivity contribution is 9.10. The molecule has 0 aromatic carbocycles. The minimum absolute atomic E-state index is 0.119. The molecule has 1 fully saturated rings. The van der Waals surface area contributed by atoms with Gasteiger partial charge in [-0.3, -0.25) is 4.79 Å². The summed E-state index contributed by atoms with van der Waals surface area (Å²) in [7, 11) is 1.89. The molecule has 0 bridgehead atoms. The quantitative estimate of drug-likeness (QED) is 0.832. The van der Waals surface area contributed by atoms with Crippen LogP contribution in [0.25, 0.3) is 0 Å². The monoisotopic (exact) mass is 312 g/mol. The Morgan fingerprint density at radius 1 is 1.44 bits per heavy atom. The van der Waals surface area contributed by atoms with Crippen molar-refractivity contribution in [2.45, 2.75) is 45.7 Å². The molecule has 1 amide bonds. The van der Waals surface area contributed by atoms with Crippen LogP contribution >= 0.6 is 15.9 Å². The van der Waals surface area contributed by atoms with Crippen LogP contribution in [0.1, 0.15) is 50.1 Å². The van der Waals surface area contributed by atoms with Gasteiger partial charge >= 0.3 is 0 Å². The zero-order chi connectivity index (χ0) is 13.4. The van der Waals surface area contributed by atoms with Crippen LogP contribution in [0.4, 0.5) is 0 Å². The lowest BCUT2D eigenvalue weighted by Gasteiger charge is -2.28. The Balaban J connectivity index is 2.22. The van der Waals surface area contributed by atoms with Crippen molar-refractivity contribution in [1.82, 2.24) is 9.47 Å². The average molecular weight is 313 g/mol. The number of hydrogen-bond donors (Lipinski definition) is 0. The highest BCUT2D eigenvalue weighted by Crippen LogP contribution is 2.37. The lowest BCUT2D eigenvalue weighted by atomic mass is 10.1. The van der Waals surface area contributed by atoms with Crippen LogP contribution in [-0.2, 0) is 0 Å². The van der Waals surface area contributed by atoms with Crippen molar-refractivity contribution in [3.63, 3.8) is 0 Å². The fourth-order valence-corrected chi connectivity index (χ4v) is 2.52. The Bertz CT molecular complexity index is 449. The third kappa shape index (κ3) is 2.63. The number of hydrogen-bond acceptors (Lipinski definition) is 1. The zero-order valence-electron chi connectivity index (χ0n) is 11.5. The third-order valence-electron chi connectivity index (χ3n) is 3.87.